The summed E-state index contributed by atoms with van der Waals surface area (Å²) in [5, 5.41) is 9.87. The van der Waals surface area contributed by atoms with Gasteiger partial charge in [0, 0.05) is 37.2 Å². The predicted octanol–water partition coefficient (Wildman–Crippen LogP) is 3.77. The second-order valence-electron chi connectivity index (χ2n) is 6.67. The molecule has 2 aromatic carbocycles. The van der Waals surface area contributed by atoms with Gasteiger partial charge in [0.25, 0.3) is 5.91 Å². The molecule has 0 aliphatic heterocycles. The van der Waals surface area contributed by atoms with Gasteiger partial charge in [-0.2, -0.15) is 0 Å². The fourth-order valence-electron chi connectivity index (χ4n) is 3.13. The zero-order chi connectivity index (χ0) is 20.8. The number of aryl methyl sites for hydroxylation is 1. The van der Waals surface area contributed by atoms with E-state index in [0.29, 0.717) is 30.2 Å². The van der Waals surface area contributed by atoms with E-state index in [1.807, 2.05) is 25.1 Å². The molecule has 0 aliphatic carbocycles. The standard InChI is InChI=1S/C22H25FN4O2.HI/c1-14-18-12-17(23)7-8-19(18)29-20(14)13-27-22(25-3)26-10-9-15-5-4-6-16(11-15)21(28)24-2;/h4-8,11-12H,9-10,13H2,1-3H3,(H,24,28)(H2,25,26,27);1H. The van der Waals surface area contributed by atoms with Crippen molar-refractivity contribution in [2.45, 2.75) is 19.9 Å². The number of rotatable bonds is 6. The molecule has 3 N–H and O–H groups in total. The molecular formula is C22H26FIN4O2. The second-order valence-corrected chi connectivity index (χ2v) is 6.67. The third-order valence-electron chi connectivity index (χ3n) is 4.76. The van der Waals surface area contributed by atoms with Crippen molar-refractivity contribution in [3.8, 4) is 0 Å². The molecule has 3 rings (SSSR count). The molecule has 3 aromatic rings. The Hall–Kier alpha value is -2.62. The quantitative estimate of drug-likeness (QED) is 0.261. The lowest BCUT2D eigenvalue weighted by atomic mass is 10.1. The number of carbonyl (C=O) groups excluding carboxylic acids is 1. The number of nitrogens with zero attached hydrogens (tertiary/aromatic N) is 1. The number of aliphatic imine (C=N–C) groups is 1. The van der Waals surface area contributed by atoms with Crippen LogP contribution in [0.15, 0.2) is 51.9 Å². The van der Waals surface area contributed by atoms with Crippen LogP contribution in [0.3, 0.4) is 0 Å². The van der Waals surface area contributed by atoms with Crippen LogP contribution < -0.4 is 16.0 Å². The summed E-state index contributed by atoms with van der Waals surface area (Å²) in [4.78, 5) is 16.0. The smallest absolute Gasteiger partial charge is 0.251 e. The summed E-state index contributed by atoms with van der Waals surface area (Å²) in [6.07, 6.45) is 0.745. The largest absolute Gasteiger partial charge is 0.459 e. The van der Waals surface area contributed by atoms with Crippen LogP contribution in [0.5, 0.6) is 0 Å². The zero-order valence-electron chi connectivity index (χ0n) is 17.2. The minimum atomic E-state index is -0.279. The summed E-state index contributed by atoms with van der Waals surface area (Å²) in [5.74, 6) is 1.00. The summed E-state index contributed by atoms with van der Waals surface area (Å²) < 4.78 is 19.3. The second kappa shape index (κ2) is 11.0. The van der Waals surface area contributed by atoms with E-state index < -0.39 is 0 Å². The number of carbonyl (C=O) groups is 1. The average Bonchev–Trinajstić information content (AvgIpc) is 3.05. The van der Waals surface area contributed by atoms with Gasteiger partial charge in [-0.15, -0.1) is 24.0 Å². The van der Waals surface area contributed by atoms with Gasteiger partial charge in [-0.3, -0.25) is 9.79 Å². The Morgan fingerprint density at radius 2 is 1.97 bits per heavy atom. The molecule has 0 spiro atoms. The van der Waals surface area contributed by atoms with Crippen molar-refractivity contribution < 1.29 is 13.6 Å². The van der Waals surface area contributed by atoms with Gasteiger partial charge in [0.05, 0.1) is 6.54 Å². The van der Waals surface area contributed by atoms with E-state index in [-0.39, 0.29) is 35.7 Å². The fourth-order valence-corrected chi connectivity index (χ4v) is 3.13. The van der Waals surface area contributed by atoms with Crippen molar-refractivity contribution >= 4 is 46.8 Å². The molecule has 0 saturated heterocycles. The molecule has 0 radical (unpaired) electrons. The van der Waals surface area contributed by atoms with E-state index in [0.717, 1.165) is 28.7 Å². The maximum absolute atomic E-state index is 13.5. The number of hydrogen-bond acceptors (Lipinski definition) is 3. The van der Waals surface area contributed by atoms with Crippen molar-refractivity contribution in [1.29, 1.82) is 0 Å². The Morgan fingerprint density at radius 3 is 2.70 bits per heavy atom. The number of halogens is 2. The molecule has 6 nitrogen and oxygen atoms in total. The zero-order valence-corrected chi connectivity index (χ0v) is 19.5. The van der Waals surface area contributed by atoms with Crippen LogP contribution in [0.25, 0.3) is 11.0 Å². The highest BCUT2D eigenvalue weighted by atomic mass is 127. The summed E-state index contributed by atoms with van der Waals surface area (Å²) in [5.41, 5.74) is 3.28. The van der Waals surface area contributed by atoms with Crippen LogP contribution in [0, 0.1) is 12.7 Å². The van der Waals surface area contributed by atoms with Crippen molar-refractivity contribution in [2.75, 3.05) is 20.6 Å². The molecule has 160 valence electrons. The molecule has 1 heterocycles. The van der Waals surface area contributed by atoms with E-state index >= 15 is 0 Å². The van der Waals surface area contributed by atoms with Crippen LogP contribution >= 0.6 is 24.0 Å². The molecule has 0 fully saturated rings. The van der Waals surface area contributed by atoms with Crippen molar-refractivity contribution in [3.05, 3.63) is 70.7 Å². The molecule has 0 aliphatic rings. The van der Waals surface area contributed by atoms with Gasteiger partial charge in [0.1, 0.15) is 17.2 Å². The van der Waals surface area contributed by atoms with Gasteiger partial charge in [-0.1, -0.05) is 12.1 Å². The summed E-state index contributed by atoms with van der Waals surface area (Å²) in [6.45, 7) is 3.01. The number of nitrogens with one attached hydrogen (secondary N) is 3. The molecule has 1 amide bonds. The van der Waals surface area contributed by atoms with Gasteiger partial charge in [-0.25, -0.2) is 4.39 Å². The van der Waals surface area contributed by atoms with E-state index in [1.54, 1.807) is 26.2 Å². The average molecular weight is 524 g/mol. The van der Waals surface area contributed by atoms with E-state index in [2.05, 4.69) is 20.9 Å². The molecule has 8 heteroatoms. The highest BCUT2D eigenvalue weighted by molar-refractivity contribution is 14.0. The van der Waals surface area contributed by atoms with Crippen LogP contribution in [-0.4, -0.2) is 32.5 Å². The Bertz CT molecular complexity index is 1050. The van der Waals surface area contributed by atoms with Crippen LogP contribution in [0.2, 0.25) is 0 Å². The molecule has 0 bridgehead atoms. The van der Waals surface area contributed by atoms with Crippen molar-refractivity contribution in [1.82, 2.24) is 16.0 Å². The lowest BCUT2D eigenvalue weighted by Gasteiger charge is -2.11. The minimum absolute atomic E-state index is 0. The van der Waals surface area contributed by atoms with Crippen LogP contribution in [0.4, 0.5) is 4.39 Å². The number of furan rings is 1. The highest BCUT2D eigenvalue weighted by Gasteiger charge is 2.11. The number of guanidine groups is 1. The predicted molar refractivity (Wildman–Crippen MR) is 128 cm³/mol. The van der Waals surface area contributed by atoms with Crippen LogP contribution in [-0.2, 0) is 13.0 Å². The molecule has 0 atom stereocenters. The van der Waals surface area contributed by atoms with Crippen molar-refractivity contribution in [2.24, 2.45) is 4.99 Å². The number of benzene rings is 2. The van der Waals surface area contributed by atoms with Gasteiger partial charge in [0.15, 0.2) is 5.96 Å². The Morgan fingerprint density at radius 1 is 1.17 bits per heavy atom. The SMILES string of the molecule is CN=C(NCCc1cccc(C(=O)NC)c1)NCc1oc2ccc(F)cc2c1C.I. The molecular weight excluding hydrogens is 498 g/mol. The van der Waals surface area contributed by atoms with Gasteiger partial charge in [0.2, 0.25) is 0 Å². The summed E-state index contributed by atoms with van der Waals surface area (Å²) >= 11 is 0. The van der Waals surface area contributed by atoms with Crippen LogP contribution in [0.1, 0.15) is 27.2 Å². The summed E-state index contributed by atoms with van der Waals surface area (Å²) in [6, 6.07) is 12.0. The maximum Gasteiger partial charge on any atom is 0.251 e. The molecule has 30 heavy (non-hydrogen) atoms. The number of fused-ring (bicyclic) bond motifs is 1. The third-order valence-corrected chi connectivity index (χ3v) is 4.76. The van der Waals surface area contributed by atoms with Gasteiger partial charge >= 0.3 is 0 Å². The molecule has 0 unspecified atom stereocenters. The summed E-state index contributed by atoms with van der Waals surface area (Å²) in [7, 11) is 3.31. The fraction of sp³-hybridized carbons (Fsp3) is 0.273. The Balaban J connectivity index is 0.00000320. The highest BCUT2D eigenvalue weighted by Crippen LogP contribution is 2.25. The molecule has 0 saturated carbocycles. The van der Waals surface area contributed by atoms with E-state index in [1.165, 1.54) is 12.1 Å². The maximum atomic E-state index is 13.5. The van der Waals surface area contributed by atoms with E-state index in [4.69, 9.17) is 4.42 Å². The van der Waals surface area contributed by atoms with Crippen molar-refractivity contribution in [3.63, 3.8) is 0 Å². The first-order valence-electron chi connectivity index (χ1n) is 9.45. The molecule has 1 aromatic heterocycles. The normalized spacial score (nSPS) is 11.1. The lowest BCUT2D eigenvalue weighted by molar-refractivity contribution is 0.0963. The number of amides is 1. The minimum Gasteiger partial charge on any atom is -0.459 e. The first-order chi connectivity index (χ1) is 14.0. The van der Waals surface area contributed by atoms with E-state index in [9.17, 15) is 9.18 Å². The Labute approximate surface area is 192 Å². The topological polar surface area (TPSA) is 78.7 Å². The van der Waals surface area contributed by atoms with Gasteiger partial charge < -0.3 is 20.4 Å². The third kappa shape index (κ3) is 5.71. The monoisotopic (exact) mass is 524 g/mol. The van der Waals surface area contributed by atoms with Gasteiger partial charge in [-0.05, 0) is 49.2 Å². The first kappa shape index (κ1) is 23.7. The lowest BCUT2D eigenvalue weighted by Crippen LogP contribution is -2.37. The Kier molecular flexibility index (Phi) is 8.64. The first-order valence-corrected chi connectivity index (χ1v) is 9.45. The number of hydrogen-bond donors (Lipinski definition) is 3.